The van der Waals surface area contributed by atoms with Crippen LogP contribution in [0, 0.1) is 0 Å². The summed E-state index contributed by atoms with van der Waals surface area (Å²) >= 11 is 0. The number of nitrogens with one attached hydrogen (secondary N) is 1. The first-order valence-electron chi connectivity index (χ1n) is 7.66. The van der Waals surface area contributed by atoms with Gasteiger partial charge in [-0.1, -0.05) is 6.92 Å². The molecule has 2 aromatic rings. The number of rotatable bonds is 7. The Labute approximate surface area is 143 Å². The van der Waals surface area contributed by atoms with Gasteiger partial charge in [0, 0.05) is 6.92 Å². The molecule has 0 aliphatic heterocycles. The van der Waals surface area contributed by atoms with Gasteiger partial charge in [-0.15, -0.1) is 0 Å². The van der Waals surface area contributed by atoms with E-state index in [0.717, 1.165) is 0 Å². The van der Waals surface area contributed by atoms with Crippen molar-refractivity contribution in [3.05, 3.63) is 41.5 Å². The van der Waals surface area contributed by atoms with E-state index in [1.165, 1.54) is 23.7 Å². The van der Waals surface area contributed by atoms with Gasteiger partial charge in [-0.2, -0.15) is 5.10 Å². The van der Waals surface area contributed by atoms with Crippen molar-refractivity contribution in [2.45, 2.75) is 32.7 Å². The van der Waals surface area contributed by atoms with Crippen molar-refractivity contribution in [1.82, 2.24) is 20.1 Å². The Morgan fingerprint density at radius 1 is 1.28 bits per heavy atom. The third-order valence-corrected chi connectivity index (χ3v) is 3.46. The molecule has 0 saturated heterocycles. The number of aromatic nitrogens is 3. The average molecular weight is 345 g/mol. The topological polar surface area (TPSA) is 140 Å². The summed E-state index contributed by atoms with van der Waals surface area (Å²) in [6.07, 6.45) is 0.422. The number of hydrogen-bond donors (Lipinski definition) is 3. The van der Waals surface area contributed by atoms with Crippen LogP contribution >= 0.6 is 0 Å². The molecule has 1 aromatic carbocycles. The molecule has 0 aliphatic carbocycles. The van der Waals surface area contributed by atoms with E-state index in [1.807, 2.05) is 6.92 Å². The smallest absolute Gasteiger partial charge is 0.335 e. The van der Waals surface area contributed by atoms with Crippen LogP contribution in [-0.4, -0.2) is 37.7 Å². The second-order valence-electron chi connectivity index (χ2n) is 5.45. The maximum absolute atomic E-state index is 11.4. The van der Waals surface area contributed by atoms with E-state index in [1.54, 1.807) is 12.1 Å². The molecule has 9 heteroatoms. The summed E-state index contributed by atoms with van der Waals surface area (Å²) in [4.78, 5) is 37.9. The molecule has 2 amide bonds. The van der Waals surface area contributed by atoms with E-state index >= 15 is 0 Å². The molecular weight excluding hydrogens is 326 g/mol. The zero-order valence-electron chi connectivity index (χ0n) is 13.9. The summed E-state index contributed by atoms with van der Waals surface area (Å²) in [6.45, 7) is 3.27. The molecular formula is C16H19N5O4. The third kappa shape index (κ3) is 4.40. The minimum atomic E-state index is -1.04. The number of nitrogens with two attached hydrogens (primary N) is 1. The molecule has 25 heavy (non-hydrogen) atoms. The molecule has 0 saturated carbocycles. The van der Waals surface area contributed by atoms with Gasteiger partial charge in [0.2, 0.25) is 11.8 Å². The first kappa shape index (κ1) is 18.1. The molecule has 0 spiro atoms. The predicted molar refractivity (Wildman–Crippen MR) is 88.1 cm³/mol. The Morgan fingerprint density at radius 2 is 1.92 bits per heavy atom. The Morgan fingerprint density at radius 3 is 2.40 bits per heavy atom. The molecule has 9 nitrogen and oxygen atoms in total. The summed E-state index contributed by atoms with van der Waals surface area (Å²) in [5, 5.41) is 16.1. The lowest BCUT2D eigenvalue weighted by Crippen LogP contribution is -2.28. The predicted octanol–water partition coefficient (Wildman–Crippen LogP) is 0.581. The van der Waals surface area contributed by atoms with Crippen molar-refractivity contribution >= 4 is 17.8 Å². The summed E-state index contributed by atoms with van der Waals surface area (Å²) < 4.78 is 1.48. The molecule has 0 fully saturated rings. The highest BCUT2D eigenvalue weighted by atomic mass is 16.4. The number of aromatic carboxylic acids is 1. The fourth-order valence-corrected chi connectivity index (χ4v) is 2.35. The van der Waals surface area contributed by atoms with Crippen molar-refractivity contribution in [1.29, 1.82) is 0 Å². The molecule has 2 rings (SSSR count). The zero-order valence-corrected chi connectivity index (χ0v) is 13.9. The highest BCUT2D eigenvalue weighted by molar-refractivity contribution is 5.87. The Bertz CT molecular complexity index is 797. The number of carbonyl (C=O) groups is 3. The summed E-state index contributed by atoms with van der Waals surface area (Å²) in [5.74, 6) is -1.16. The quantitative estimate of drug-likeness (QED) is 0.670. The van der Waals surface area contributed by atoms with E-state index in [-0.39, 0.29) is 23.7 Å². The number of benzene rings is 1. The van der Waals surface area contributed by atoms with Gasteiger partial charge < -0.3 is 16.2 Å². The van der Waals surface area contributed by atoms with E-state index in [0.29, 0.717) is 17.9 Å². The molecule has 0 bridgehead atoms. The number of nitrogens with zero attached hydrogens (tertiary/aromatic N) is 3. The first-order chi connectivity index (χ1) is 11.8. The first-order valence-corrected chi connectivity index (χ1v) is 7.66. The molecule has 1 heterocycles. The van der Waals surface area contributed by atoms with Gasteiger partial charge in [0.1, 0.15) is 0 Å². The second-order valence-corrected chi connectivity index (χ2v) is 5.45. The maximum atomic E-state index is 11.4. The van der Waals surface area contributed by atoms with Crippen LogP contribution in [0.15, 0.2) is 24.3 Å². The fraction of sp³-hybridized carbons (Fsp3) is 0.312. The van der Waals surface area contributed by atoms with Gasteiger partial charge in [0.15, 0.2) is 11.6 Å². The molecule has 1 unspecified atom stereocenters. The fourth-order valence-electron chi connectivity index (χ4n) is 2.35. The lowest BCUT2D eigenvalue weighted by Gasteiger charge is -2.16. The van der Waals surface area contributed by atoms with Gasteiger partial charge in [0.25, 0.3) is 0 Å². The third-order valence-electron chi connectivity index (χ3n) is 3.46. The summed E-state index contributed by atoms with van der Waals surface area (Å²) in [5.41, 5.74) is 5.90. The van der Waals surface area contributed by atoms with Crippen molar-refractivity contribution in [2.24, 2.45) is 5.73 Å². The monoisotopic (exact) mass is 345 g/mol. The standard InChI is InChI=1S/C16H19N5O4/c1-3-12(18-9(2)22)15-19-14(8-13(17)23)20-21(15)11-6-4-10(5-7-11)16(24)25/h4-7,12H,3,8H2,1-2H3,(H2,17,23)(H,18,22)(H,24,25). The minimum absolute atomic E-state index is 0.135. The van der Waals surface area contributed by atoms with Crippen LogP contribution in [0.3, 0.4) is 0 Å². The number of hydrogen-bond acceptors (Lipinski definition) is 5. The zero-order chi connectivity index (χ0) is 18.6. The normalized spacial score (nSPS) is 11.8. The van der Waals surface area contributed by atoms with Crippen LogP contribution in [-0.2, 0) is 16.0 Å². The number of amides is 2. The van der Waals surface area contributed by atoms with Crippen molar-refractivity contribution < 1.29 is 19.5 Å². The van der Waals surface area contributed by atoms with Crippen molar-refractivity contribution in [3.63, 3.8) is 0 Å². The molecule has 0 aliphatic rings. The summed E-state index contributed by atoms with van der Waals surface area (Å²) in [7, 11) is 0. The van der Waals surface area contributed by atoms with Crippen LogP contribution in [0.5, 0.6) is 0 Å². The number of primary amides is 1. The Balaban J connectivity index is 2.49. The van der Waals surface area contributed by atoms with Crippen molar-refractivity contribution in [2.75, 3.05) is 0 Å². The second kappa shape index (κ2) is 7.56. The van der Waals surface area contributed by atoms with Crippen LogP contribution in [0.4, 0.5) is 0 Å². The number of carbonyl (C=O) groups excluding carboxylic acids is 2. The van der Waals surface area contributed by atoms with Gasteiger partial charge in [0.05, 0.1) is 23.7 Å². The van der Waals surface area contributed by atoms with E-state index in [9.17, 15) is 14.4 Å². The van der Waals surface area contributed by atoms with Gasteiger partial charge in [-0.25, -0.2) is 14.5 Å². The van der Waals surface area contributed by atoms with E-state index < -0.39 is 17.9 Å². The number of carboxylic acid groups (broad SMARTS) is 1. The maximum Gasteiger partial charge on any atom is 0.335 e. The highest BCUT2D eigenvalue weighted by Gasteiger charge is 2.21. The molecule has 1 aromatic heterocycles. The lowest BCUT2D eigenvalue weighted by atomic mass is 10.2. The van der Waals surface area contributed by atoms with Gasteiger partial charge in [-0.3, -0.25) is 9.59 Å². The Hall–Kier alpha value is -3.23. The van der Waals surface area contributed by atoms with E-state index in [2.05, 4.69) is 15.4 Å². The molecule has 1 atom stereocenters. The highest BCUT2D eigenvalue weighted by Crippen LogP contribution is 2.20. The van der Waals surface area contributed by atoms with E-state index in [4.69, 9.17) is 10.8 Å². The SMILES string of the molecule is CCC(NC(C)=O)c1nc(CC(N)=O)nn1-c1ccc(C(=O)O)cc1. The van der Waals surface area contributed by atoms with Gasteiger partial charge in [-0.05, 0) is 30.7 Å². The molecule has 0 radical (unpaired) electrons. The molecule has 132 valence electrons. The number of carboxylic acids is 1. The van der Waals surface area contributed by atoms with Gasteiger partial charge >= 0.3 is 5.97 Å². The van der Waals surface area contributed by atoms with Crippen molar-refractivity contribution in [3.8, 4) is 5.69 Å². The van der Waals surface area contributed by atoms with Crippen LogP contribution in [0.25, 0.3) is 5.69 Å². The summed E-state index contributed by atoms with van der Waals surface area (Å²) in [6, 6.07) is 5.63. The Kier molecular flexibility index (Phi) is 5.48. The molecule has 4 N–H and O–H groups in total. The average Bonchev–Trinajstić information content (AvgIpc) is 2.95. The van der Waals surface area contributed by atoms with Crippen LogP contribution in [0.2, 0.25) is 0 Å². The van der Waals surface area contributed by atoms with Crippen LogP contribution < -0.4 is 11.1 Å². The lowest BCUT2D eigenvalue weighted by molar-refractivity contribution is -0.120. The minimum Gasteiger partial charge on any atom is -0.478 e. The largest absolute Gasteiger partial charge is 0.478 e. The van der Waals surface area contributed by atoms with Crippen LogP contribution in [0.1, 0.15) is 48.3 Å².